The molecule has 2 aromatic heterocycles. The average molecular weight is 831 g/mol. The lowest BCUT2D eigenvalue weighted by molar-refractivity contribution is -0.143. The molecule has 9 aromatic rings. The lowest BCUT2D eigenvalue weighted by Gasteiger charge is -2.17. The molecular weight excluding hydrogens is 804 g/mol. The normalized spacial score (nSPS) is 12.3. The van der Waals surface area contributed by atoms with Crippen molar-refractivity contribution >= 4 is 21.8 Å². The Morgan fingerprint density at radius 1 is 0.344 bits per heavy atom. The number of hydrogen-bond acceptors (Lipinski definition) is 3. The van der Waals surface area contributed by atoms with Crippen LogP contribution in [-0.4, -0.2) is 19.5 Å². The first-order valence-corrected chi connectivity index (χ1v) is 18.6. The molecule has 9 rings (SSSR count). The van der Waals surface area contributed by atoms with Crippen molar-refractivity contribution in [3.63, 3.8) is 0 Å². The minimum absolute atomic E-state index is 0.0247. The van der Waals surface area contributed by atoms with Gasteiger partial charge >= 0.3 is 18.5 Å². The number of benzene rings is 7. The Morgan fingerprint density at radius 2 is 0.869 bits per heavy atom. The first-order valence-electron chi connectivity index (χ1n) is 18.6. The second-order valence-electron chi connectivity index (χ2n) is 14.2. The van der Waals surface area contributed by atoms with E-state index in [4.69, 9.17) is 15.0 Å². The third-order valence-electron chi connectivity index (χ3n) is 10.4. The zero-order valence-electron chi connectivity index (χ0n) is 31.3. The summed E-state index contributed by atoms with van der Waals surface area (Å²) in [5.74, 6) is 0.837. The molecule has 0 N–H and O–H groups in total. The minimum Gasteiger partial charge on any atom is -0.309 e. The molecule has 2 heterocycles. The Kier molecular flexibility index (Phi) is 9.49. The first-order chi connectivity index (χ1) is 29.1. The summed E-state index contributed by atoms with van der Waals surface area (Å²) in [6.07, 6.45) is -14.7. The topological polar surface area (TPSA) is 43.6 Å². The molecule has 61 heavy (non-hydrogen) atoms. The predicted molar refractivity (Wildman–Crippen MR) is 216 cm³/mol. The summed E-state index contributed by atoms with van der Waals surface area (Å²) >= 11 is 0. The van der Waals surface area contributed by atoms with E-state index in [0.29, 0.717) is 67.6 Å². The Bertz CT molecular complexity index is 3020. The highest BCUT2D eigenvalue weighted by Gasteiger charge is 2.38. The summed E-state index contributed by atoms with van der Waals surface area (Å²) in [5.41, 5.74) is 0.0950. The summed E-state index contributed by atoms with van der Waals surface area (Å²) in [6, 6.07) is 41.6. The van der Waals surface area contributed by atoms with Crippen LogP contribution in [0.4, 0.5) is 39.5 Å². The maximum atomic E-state index is 14.4. The van der Waals surface area contributed by atoms with Gasteiger partial charge in [0, 0.05) is 33.2 Å². The zero-order valence-corrected chi connectivity index (χ0v) is 31.3. The van der Waals surface area contributed by atoms with Crippen molar-refractivity contribution in [1.29, 1.82) is 0 Å². The van der Waals surface area contributed by atoms with Crippen molar-refractivity contribution < 1.29 is 39.5 Å². The van der Waals surface area contributed by atoms with E-state index in [2.05, 4.69) is 0 Å². The number of halogens is 9. The van der Waals surface area contributed by atoms with E-state index in [1.54, 1.807) is 36.4 Å². The van der Waals surface area contributed by atoms with Crippen molar-refractivity contribution in [3.05, 3.63) is 180 Å². The summed E-state index contributed by atoms with van der Waals surface area (Å²) in [4.78, 5) is 14.6. The van der Waals surface area contributed by atoms with Gasteiger partial charge in [-0.05, 0) is 70.8 Å². The highest BCUT2D eigenvalue weighted by molar-refractivity contribution is 6.10. The molecular formula is C48H27F9N4. The molecule has 0 amide bonds. The number of rotatable bonds is 6. The first kappa shape index (κ1) is 39.2. The van der Waals surface area contributed by atoms with Crippen molar-refractivity contribution in [1.82, 2.24) is 19.5 Å². The summed E-state index contributed by atoms with van der Waals surface area (Å²) < 4.78 is 127. The van der Waals surface area contributed by atoms with E-state index in [1.807, 2.05) is 77.4 Å². The molecule has 13 heteroatoms. The van der Waals surface area contributed by atoms with Crippen LogP contribution in [0.1, 0.15) is 16.7 Å². The Hall–Kier alpha value is -7.28. The van der Waals surface area contributed by atoms with Gasteiger partial charge in [0.05, 0.1) is 27.7 Å². The molecule has 7 aromatic carbocycles. The molecule has 0 unspecified atom stereocenters. The fourth-order valence-electron chi connectivity index (χ4n) is 7.50. The molecule has 0 atom stereocenters. The number of para-hydroxylation sites is 1. The third-order valence-corrected chi connectivity index (χ3v) is 10.4. The second kappa shape index (κ2) is 14.8. The standard InChI is InChI=1S/C48H27F9N4/c49-46(50,51)32-18-15-28(16-19-32)35-24-21-34(27-39(35)45-59-43(29-9-3-1-4-10-29)58-44(60-45)30-11-5-2-6-12-30)61-41-14-8-7-13-37(41)38-22-17-31(25-42(38)61)36-23-20-33(47(52,53)54)26-40(36)48(55,56)57/h1-27H. The average Bonchev–Trinajstić information content (AvgIpc) is 3.59. The minimum atomic E-state index is -5.11. The lowest BCUT2D eigenvalue weighted by atomic mass is 9.95. The van der Waals surface area contributed by atoms with Crippen LogP contribution in [0.5, 0.6) is 0 Å². The van der Waals surface area contributed by atoms with Crippen molar-refractivity contribution in [3.8, 4) is 62.1 Å². The van der Waals surface area contributed by atoms with Crippen LogP contribution in [0.2, 0.25) is 0 Å². The van der Waals surface area contributed by atoms with Gasteiger partial charge in [0.1, 0.15) is 0 Å². The van der Waals surface area contributed by atoms with Gasteiger partial charge in [-0.3, -0.25) is 0 Å². The summed E-state index contributed by atoms with van der Waals surface area (Å²) in [7, 11) is 0. The number of hydrogen-bond donors (Lipinski definition) is 0. The summed E-state index contributed by atoms with van der Waals surface area (Å²) in [6.45, 7) is 0. The molecule has 0 radical (unpaired) electrons. The van der Waals surface area contributed by atoms with Crippen molar-refractivity contribution in [2.45, 2.75) is 18.5 Å². The number of alkyl halides is 9. The van der Waals surface area contributed by atoms with Gasteiger partial charge in [-0.15, -0.1) is 0 Å². The van der Waals surface area contributed by atoms with Gasteiger partial charge in [-0.25, -0.2) is 15.0 Å². The SMILES string of the molecule is FC(F)(F)c1ccc(-c2ccc(-n3c4ccccc4c4ccc(-c5ccc(C(F)(F)F)cc5C(F)(F)F)cc43)cc2-c2nc(-c3ccccc3)nc(-c3ccccc3)n2)cc1. The van der Waals surface area contributed by atoms with Gasteiger partial charge in [0.25, 0.3) is 0 Å². The summed E-state index contributed by atoms with van der Waals surface area (Å²) in [5, 5.41) is 1.38. The highest BCUT2D eigenvalue weighted by atomic mass is 19.4. The smallest absolute Gasteiger partial charge is 0.309 e. The maximum Gasteiger partial charge on any atom is 0.417 e. The van der Waals surface area contributed by atoms with Crippen LogP contribution in [0.15, 0.2) is 164 Å². The van der Waals surface area contributed by atoms with Gasteiger partial charge < -0.3 is 4.57 Å². The van der Waals surface area contributed by atoms with E-state index in [1.165, 1.54) is 24.3 Å². The van der Waals surface area contributed by atoms with Crippen LogP contribution in [0, 0.1) is 0 Å². The number of aromatic nitrogens is 4. The fraction of sp³-hybridized carbons (Fsp3) is 0.0625. The largest absolute Gasteiger partial charge is 0.417 e. The molecule has 0 saturated heterocycles. The van der Waals surface area contributed by atoms with Gasteiger partial charge in [0.15, 0.2) is 17.5 Å². The fourth-order valence-corrected chi connectivity index (χ4v) is 7.50. The Balaban J connectivity index is 1.31. The predicted octanol–water partition coefficient (Wildman–Crippen LogP) is 14.4. The van der Waals surface area contributed by atoms with Crippen LogP contribution in [0.3, 0.4) is 0 Å². The lowest BCUT2D eigenvalue weighted by Crippen LogP contribution is -2.12. The molecule has 0 fully saturated rings. The second-order valence-corrected chi connectivity index (χ2v) is 14.2. The van der Waals surface area contributed by atoms with Crippen molar-refractivity contribution in [2.24, 2.45) is 0 Å². The number of nitrogens with zero attached hydrogens (tertiary/aromatic N) is 4. The molecule has 0 aliphatic heterocycles. The Morgan fingerprint density at radius 3 is 1.48 bits per heavy atom. The van der Waals surface area contributed by atoms with E-state index in [-0.39, 0.29) is 17.5 Å². The molecule has 0 aliphatic rings. The molecule has 0 bridgehead atoms. The van der Waals surface area contributed by atoms with Crippen molar-refractivity contribution in [2.75, 3.05) is 0 Å². The molecule has 0 aliphatic carbocycles. The van der Waals surface area contributed by atoms with Gasteiger partial charge in [-0.2, -0.15) is 39.5 Å². The van der Waals surface area contributed by atoms with Gasteiger partial charge in [-0.1, -0.05) is 115 Å². The van der Waals surface area contributed by atoms with Gasteiger partial charge in [0.2, 0.25) is 0 Å². The van der Waals surface area contributed by atoms with Crippen LogP contribution < -0.4 is 0 Å². The molecule has 4 nitrogen and oxygen atoms in total. The zero-order chi connectivity index (χ0) is 42.7. The molecule has 302 valence electrons. The molecule has 0 saturated carbocycles. The van der Waals surface area contributed by atoms with Crippen LogP contribution >= 0.6 is 0 Å². The molecule has 0 spiro atoms. The highest BCUT2D eigenvalue weighted by Crippen LogP contribution is 2.44. The van der Waals surface area contributed by atoms with Crippen LogP contribution in [0.25, 0.3) is 83.9 Å². The quantitative estimate of drug-likeness (QED) is 0.157. The number of fused-ring (bicyclic) bond motifs is 3. The van der Waals surface area contributed by atoms with E-state index in [9.17, 15) is 39.5 Å². The maximum absolute atomic E-state index is 14.4. The third kappa shape index (κ3) is 7.47. The Labute approximate surface area is 341 Å². The van der Waals surface area contributed by atoms with E-state index < -0.39 is 40.8 Å². The monoisotopic (exact) mass is 830 g/mol. The van der Waals surface area contributed by atoms with E-state index in [0.717, 1.165) is 23.6 Å². The van der Waals surface area contributed by atoms with E-state index >= 15 is 0 Å². The van der Waals surface area contributed by atoms with Crippen LogP contribution in [-0.2, 0) is 18.5 Å².